The molecule has 2 heterocycles. The lowest BCUT2D eigenvalue weighted by Crippen LogP contribution is -2.17. The Morgan fingerprint density at radius 3 is 2.78 bits per heavy atom. The van der Waals surface area contributed by atoms with Crippen LogP contribution in [0.2, 0.25) is 0 Å². The topological polar surface area (TPSA) is 75.6 Å². The molecule has 0 spiro atoms. The van der Waals surface area contributed by atoms with Crippen LogP contribution in [0.15, 0.2) is 53.8 Å². The van der Waals surface area contributed by atoms with Gasteiger partial charge in [0.15, 0.2) is 11.0 Å². The maximum absolute atomic E-state index is 12.8. The number of nitrogens with one attached hydrogen (secondary N) is 2. The molecule has 1 aliphatic carbocycles. The molecule has 0 bridgehead atoms. The molecule has 1 amide bonds. The van der Waals surface area contributed by atoms with Gasteiger partial charge < -0.3 is 10.3 Å². The number of aromatic amines is 1. The normalized spacial score (nSPS) is 13.8. The van der Waals surface area contributed by atoms with Crippen molar-refractivity contribution >= 4 is 34.3 Å². The van der Waals surface area contributed by atoms with E-state index in [0.29, 0.717) is 17.7 Å². The van der Waals surface area contributed by atoms with Gasteiger partial charge in [-0.3, -0.25) is 9.36 Å². The highest BCUT2D eigenvalue weighted by Crippen LogP contribution is 2.42. The first-order valence-corrected chi connectivity index (χ1v) is 12.0. The Bertz CT molecular complexity index is 1280. The number of aryl methyl sites for hydroxylation is 1. The summed E-state index contributed by atoms with van der Waals surface area (Å²) in [4.78, 5) is 16.2. The van der Waals surface area contributed by atoms with E-state index in [4.69, 9.17) is 0 Å². The van der Waals surface area contributed by atoms with E-state index in [1.54, 1.807) is 0 Å². The second-order valence-corrected chi connectivity index (χ2v) is 9.63. The maximum atomic E-state index is 12.8. The van der Waals surface area contributed by atoms with Crippen LogP contribution in [0.3, 0.4) is 0 Å². The van der Waals surface area contributed by atoms with Gasteiger partial charge in [-0.25, -0.2) is 0 Å². The average Bonchev–Trinajstić information content (AvgIpc) is 3.39. The highest BCUT2D eigenvalue weighted by Gasteiger charge is 2.31. The Morgan fingerprint density at radius 2 is 2.00 bits per heavy atom. The SMILES string of the molecule is Cc1cccc(C(C)C)c1NC(=O)CSc1nnc(-c2c[nH]c3ccccc23)n1C1CC1. The van der Waals surface area contributed by atoms with E-state index in [0.717, 1.165) is 57.1 Å². The number of carbonyl (C=O) groups excluding carboxylic acids is 1. The molecule has 1 aliphatic rings. The lowest BCUT2D eigenvalue weighted by molar-refractivity contribution is -0.113. The van der Waals surface area contributed by atoms with Crippen LogP contribution in [0.1, 0.15) is 49.8 Å². The summed E-state index contributed by atoms with van der Waals surface area (Å²) in [6, 6.07) is 14.8. The van der Waals surface area contributed by atoms with Crippen LogP contribution < -0.4 is 5.32 Å². The van der Waals surface area contributed by atoms with Gasteiger partial charge >= 0.3 is 0 Å². The Balaban J connectivity index is 1.37. The predicted molar refractivity (Wildman–Crippen MR) is 130 cm³/mol. The van der Waals surface area contributed by atoms with Gasteiger partial charge in [-0.1, -0.05) is 62.0 Å². The van der Waals surface area contributed by atoms with Crippen LogP contribution in [0.25, 0.3) is 22.3 Å². The maximum Gasteiger partial charge on any atom is 0.234 e. The predicted octanol–water partition coefficient (Wildman–Crippen LogP) is 5.92. The van der Waals surface area contributed by atoms with Crippen molar-refractivity contribution < 1.29 is 4.79 Å². The molecule has 0 radical (unpaired) electrons. The molecular formula is C25H27N5OS. The fourth-order valence-electron chi connectivity index (χ4n) is 4.13. The number of H-pyrrole nitrogens is 1. The van der Waals surface area contributed by atoms with Gasteiger partial charge in [0.05, 0.1) is 5.75 Å². The zero-order valence-electron chi connectivity index (χ0n) is 18.6. The number of hydrogen-bond donors (Lipinski definition) is 2. The highest BCUT2D eigenvalue weighted by atomic mass is 32.2. The third-order valence-corrected chi connectivity index (χ3v) is 6.87. The van der Waals surface area contributed by atoms with Gasteiger partial charge in [-0.05, 0) is 42.9 Å². The quantitative estimate of drug-likeness (QED) is 0.346. The third-order valence-electron chi connectivity index (χ3n) is 5.93. The molecule has 1 fully saturated rings. The molecule has 7 heteroatoms. The summed E-state index contributed by atoms with van der Waals surface area (Å²) in [7, 11) is 0. The first-order chi connectivity index (χ1) is 15.5. The van der Waals surface area contributed by atoms with Crippen molar-refractivity contribution in [2.45, 2.75) is 50.7 Å². The summed E-state index contributed by atoms with van der Waals surface area (Å²) in [6.45, 7) is 6.32. The number of benzene rings is 2. The molecule has 0 saturated heterocycles. The van der Waals surface area contributed by atoms with Crippen molar-refractivity contribution in [1.82, 2.24) is 19.7 Å². The number of aromatic nitrogens is 4. The van der Waals surface area contributed by atoms with Crippen molar-refractivity contribution in [3.8, 4) is 11.4 Å². The van der Waals surface area contributed by atoms with Crippen LogP contribution in [0.4, 0.5) is 5.69 Å². The zero-order chi connectivity index (χ0) is 22.2. The molecule has 164 valence electrons. The minimum atomic E-state index is -0.0230. The number of anilines is 1. The van der Waals surface area contributed by atoms with Gasteiger partial charge in [0.2, 0.25) is 5.91 Å². The Morgan fingerprint density at radius 1 is 1.19 bits per heavy atom. The molecule has 2 aromatic carbocycles. The van der Waals surface area contributed by atoms with Crippen LogP contribution in [-0.4, -0.2) is 31.4 Å². The van der Waals surface area contributed by atoms with Crippen LogP contribution >= 0.6 is 11.8 Å². The summed E-state index contributed by atoms with van der Waals surface area (Å²) in [6.07, 6.45) is 4.24. The van der Waals surface area contributed by atoms with Crippen molar-refractivity contribution in [3.63, 3.8) is 0 Å². The van der Waals surface area contributed by atoms with Crippen molar-refractivity contribution in [1.29, 1.82) is 0 Å². The number of rotatable bonds is 7. The summed E-state index contributed by atoms with van der Waals surface area (Å²) in [5, 5.41) is 14.1. The molecule has 0 atom stereocenters. The van der Waals surface area contributed by atoms with Gasteiger partial charge in [-0.2, -0.15) is 0 Å². The summed E-state index contributed by atoms with van der Waals surface area (Å²) >= 11 is 1.45. The second-order valence-electron chi connectivity index (χ2n) is 8.69. The monoisotopic (exact) mass is 445 g/mol. The third kappa shape index (κ3) is 3.93. The summed E-state index contributed by atoms with van der Waals surface area (Å²) in [5.41, 5.74) is 5.30. The van der Waals surface area contributed by atoms with Gasteiger partial charge in [-0.15, -0.1) is 10.2 Å². The molecule has 4 aromatic rings. The standard InChI is InChI=1S/C25H27N5OS/c1-15(2)18-9-6-7-16(3)23(18)27-22(31)14-32-25-29-28-24(30(25)17-11-12-17)20-13-26-21-10-5-4-8-19(20)21/h4-10,13,15,17,26H,11-12,14H2,1-3H3,(H,27,31). The molecule has 0 unspecified atom stereocenters. The van der Waals surface area contributed by atoms with Gasteiger partial charge in [0.25, 0.3) is 0 Å². The molecular weight excluding hydrogens is 418 g/mol. The van der Waals surface area contributed by atoms with E-state index in [1.807, 2.05) is 37.4 Å². The zero-order valence-corrected chi connectivity index (χ0v) is 19.4. The average molecular weight is 446 g/mol. The van der Waals surface area contributed by atoms with Crippen LogP contribution in [0.5, 0.6) is 0 Å². The van der Waals surface area contributed by atoms with Crippen molar-refractivity contribution in [2.75, 3.05) is 11.1 Å². The number of hydrogen-bond acceptors (Lipinski definition) is 4. The Hall–Kier alpha value is -3.06. The number of amides is 1. The molecule has 5 rings (SSSR count). The van der Waals surface area contributed by atoms with Crippen LogP contribution in [0, 0.1) is 6.92 Å². The Kier molecular flexibility index (Phi) is 5.51. The van der Waals surface area contributed by atoms with Crippen molar-refractivity contribution in [3.05, 3.63) is 59.8 Å². The van der Waals surface area contributed by atoms with E-state index in [1.165, 1.54) is 11.8 Å². The molecule has 32 heavy (non-hydrogen) atoms. The Labute approximate surface area is 191 Å². The number of fused-ring (bicyclic) bond motifs is 1. The largest absolute Gasteiger partial charge is 0.360 e. The van der Waals surface area contributed by atoms with Gasteiger partial charge in [0, 0.05) is 34.4 Å². The van der Waals surface area contributed by atoms with Crippen molar-refractivity contribution in [2.24, 2.45) is 0 Å². The lowest BCUT2D eigenvalue weighted by Gasteiger charge is -2.16. The molecule has 0 aliphatic heterocycles. The fourth-order valence-corrected chi connectivity index (χ4v) is 4.93. The highest BCUT2D eigenvalue weighted by molar-refractivity contribution is 7.99. The number of thioether (sulfide) groups is 1. The molecule has 2 N–H and O–H groups in total. The fraction of sp³-hybridized carbons (Fsp3) is 0.320. The minimum Gasteiger partial charge on any atom is -0.360 e. The van der Waals surface area contributed by atoms with E-state index >= 15 is 0 Å². The summed E-state index contributed by atoms with van der Waals surface area (Å²) < 4.78 is 2.21. The number of para-hydroxylation sites is 2. The van der Waals surface area contributed by atoms with E-state index in [-0.39, 0.29) is 5.91 Å². The lowest BCUT2D eigenvalue weighted by atomic mass is 9.98. The second kappa shape index (κ2) is 8.47. The van der Waals surface area contributed by atoms with E-state index < -0.39 is 0 Å². The van der Waals surface area contributed by atoms with Crippen LogP contribution in [-0.2, 0) is 4.79 Å². The summed E-state index contributed by atoms with van der Waals surface area (Å²) in [5.74, 6) is 1.48. The minimum absolute atomic E-state index is 0.0230. The van der Waals surface area contributed by atoms with E-state index in [9.17, 15) is 4.79 Å². The molecule has 1 saturated carbocycles. The first kappa shape index (κ1) is 20.8. The number of carbonyl (C=O) groups is 1. The molecule has 2 aromatic heterocycles. The smallest absolute Gasteiger partial charge is 0.234 e. The van der Waals surface area contributed by atoms with Gasteiger partial charge in [0.1, 0.15) is 0 Å². The number of nitrogens with zero attached hydrogens (tertiary/aromatic N) is 3. The van der Waals surface area contributed by atoms with E-state index in [2.05, 4.69) is 57.1 Å². The first-order valence-electron chi connectivity index (χ1n) is 11.1. The molecule has 6 nitrogen and oxygen atoms in total.